The van der Waals surface area contributed by atoms with E-state index in [0.717, 1.165) is 19.4 Å². The van der Waals surface area contributed by atoms with Crippen molar-refractivity contribution in [3.8, 4) is 0 Å². The van der Waals surface area contributed by atoms with E-state index >= 15 is 0 Å². The van der Waals surface area contributed by atoms with Crippen molar-refractivity contribution in [3.05, 3.63) is 20.8 Å². The number of anilines is 1. The molecule has 2 aromatic heterocycles. The lowest BCUT2D eigenvalue weighted by molar-refractivity contribution is 0.0214. The second-order valence-corrected chi connectivity index (χ2v) is 5.83. The molecular weight excluding hydrogens is 286 g/mol. The second-order valence-electron chi connectivity index (χ2n) is 5.83. The van der Waals surface area contributed by atoms with Gasteiger partial charge in [0.05, 0.1) is 6.10 Å². The maximum atomic E-state index is 12.0. The highest BCUT2D eigenvalue weighted by atomic mass is 16.5. The van der Waals surface area contributed by atoms with E-state index in [9.17, 15) is 9.59 Å². The Labute approximate surface area is 127 Å². The van der Waals surface area contributed by atoms with Crippen LogP contribution >= 0.6 is 0 Å². The van der Waals surface area contributed by atoms with Crippen molar-refractivity contribution in [1.29, 1.82) is 0 Å². The molecule has 1 aliphatic heterocycles. The van der Waals surface area contributed by atoms with Crippen molar-refractivity contribution >= 4 is 17.1 Å². The Bertz CT molecular complexity index is 797. The molecule has 0 aliphatic carbocycles. The lowest BCUT2D eigenvalue weighted by atomic mass is 10.1. The van der Waals surface area contributed by atoms with E-state index in [1.807, 2.05) is 11.9 Å². The first kappa shape index (κ1) is 14.8. The van der Waals surface area contributed by atoms with Crippen LogP contribution in [-0.2, 0) is 18.8 Å². The van der Waals surface area contributed by atoms with E-state index in [2.05, 4.69) is 9.97 Å². The Morgan fingerprint density at radius 1 is 1.32 bits per heavy atom. The van der Waals surface area contributed by atoms with Crippen LogP contribution in [0.2, 0.25) is 0 Å². The average Bonchev–Trinajstić information content (AvgIpc) is 2.84. The second kappa shape index (κ2) is 5.60. The van der Waals surface area contributed by atoms with Crippen molar-refractivity contribution in [2.24, 2.45) is 14.1 Å². The number of aromatic nitrogens is 4. The number of likely N-dealkylation sites (N-methyl/N-ethyl adjacent to an activating group) is 1. The van der Waals surface area contributed by atoms with Gasteiger partial charge in [-0.25, -0.2) is 4.79 Å². The molecule has 0 radical (unpaired) electrons. The van der Waals surface area contributed by atoms with Crippen LogP contribution in [0.15, 0.2) is 9.59 Å². The molecule has 0 amide bonds. The van der Waals surface area contributed by atoms with Gasteiger partial charge in [-0.1, -0.05) is 0 Å². The molecule has 8 heteroatoms. The summed E-state index contributed by atoms with van der Waals surface area (Å²) in [7, 11) is 5.30. The fourth-order valence-corrected chi connectivity index (χ4v) is 2.98. The number of nitrogens with zero attached hydrogens (tertiary/aromatic N) is 4. The predicted octanol–water partition coefficient (Wildman–Crippen LogP) is -0.0344. The summed E-state index contributed by atoms with van der Waals surface area (Å²) in [4.78, 5) is 32.5. The van der Waals surface area contributed by atoms with Crippen LogP contribution < -0.4 is 16.1 Å². The number of fused-ring (bicyclic) bond motifs is 1. The number of rotatable bonds is 3. The average molecular weight is 307 g/mol. The normalized spacial score (nSPS) is 18.8. The fourth-order valence-electron chi connectivity index (χ4n) is 2.98. The highest BCUT2D eigenvalue weighted by Gasteiger charge is 2.21. The highest BCUT2D eigenvalue weighted by molar-refractivity contribution is 5.74. The van der Waals surface area contributed by atoms with Crippen molar-refractivity contribution in [2.45, 2.75) is 25.4 Å². The zero-order valence-corrected chi connectivity index (χ0v) is 13.1. The third kappa shape index (κ3) is 2.43. The Balaban J connectivity index is 1.98. The van der Waals surface area contributed by atoms with Crippen LogP contribution in [0.4, 0.5) is 5.95 Å². The number of aromatic amines is 1. The van der Waals surface area contributed by atoms with Crippen LogP contribution in [0.25, 0.3) is 11.2 Å². The Kier molecular flexibility index (Phi) is 3.78. The topological polar surface area (TPSA) is 85.2 Å². The predicted molar refractivity (Wildman–Crippen MR) is 83.4 cm³/mol. The maximum Gasteiger partial charge on any atom is 0.329 e. The minimum Gasteiger partial charge on any atom is -0.376 e. The molecule has 1 N–H and O–H groups in total. The van der Waals surface area contributed by atoms with Gasteiger partial charge in [0, 0.05) is 34.3 Å². The van der Waals surface area contributed by atoms with Gasteiger partial charge >= 0.3 is 5.69 Å². The number of H-pyrrole nitrogens is 1. The Hall–Kier alpha value is -2.09. The molecule has 1 fully saturated rings. The summed E-state index contributed by atoms with van der Waals surface area (Å²) >= 11 is 0. The largest absolute Gasteiger partial charge is 0.376 e. The monoisotopic (exact) mass is 307 g/mol. The summed E-state index contributed by atoms with van der Waals surface area (Å²) in [5, 5.41) is 0. The molecule has 0 aromatic carbocycles. The first-order valence-electron chi connectivity index (χ1n) is 7.47. The fraction of sp³-hybridized carbons (Fsp3) is 0.643. The molecule has 0 saturated carbocycles. The van der Waals surface area contributed by atoms with Gasteiger partial charge in [0.15, 0.2) is 11.2 Å². The minimum absolute atomic E-state index is 0.181. The van der Waals surface area contributed by atoms with Gasteiger partial charge < -0.3 is 14.2 Å². The summed E-state index contributed by atoms with van der Waals surface area (Å²) in [6.45, 7) is 1.51. The van der Waals surface area contributed by atoms with Gasteiger partial charge in [-0.15, -0.1) is 0 Å². The summed E-state index contributed by atoms with van der Waals surface area (Å²) in [6, 6.07) is 0. The molecule has 120 valence electrons. The summed E-state index contributed by atoms with van der Waals surface area (Å²) in [6.07, 6.45) is 3.51. The van der Waals surface area contributed by atoms with Crippen LogP contribution in [0.5, 0.6) is 0 Å². The molecular formula is C14H21N5O3. The van der Waals surface area contributed by atoms with E-state index < -0.39 is 11.2 Å². The van der Waals surface area contributed by atoms with E-state index in [1.54, 1.807) is 18.7 Å². The van der Waals surface area contributed by atoms with Crippen molar-refractivity contribution in [1.82, 2.24) is 19.1 Å². The highest BCUT2D eigenvalue weighted by Crippen LogP contribution is 2.19. The summed E-state index contributed by atoms with van der Waals surface area (Å²) in [5.41, 5.74) is -0.0849. The minimum atomic E-state index is -0.458. The summed E-state index contributed by atoms with van der Waals surface area (Å²) in [5.74, 6) is 0.649. The SMILES string of the molecule is CN(C[C@H]1CCCCO1)c1nc2c(c(=O)[nH]c(=O)n2C)n1C. The van der Waals surface area contributed by atoms with E-state index in [1.165, 1.54) is 11.0 Å². The number of aryl methyl sites for hydroxylation is 2. The first-order valence-corrected chi connectivity index (χ1v) is 7.47. The van der Waals surface area contributed by atoms with Gasteiger partial charge in [-0.3, -0.25) is 14.3 Å². The van der Waals surface area contributed by atoms with Gasteiger partial charge in [0.2, 0.25) is 5.95 Å². The Morgan fingerprint density at radius 2 is 2.09 bits per heavy atom. The van der Waals surface area contributed by atoms with Gasteiger partial charge in [-0.2, -0.15) is 4.98 Å². The smallest absolute Gasteiger partial charge is 0.329 e. The molecule has 0 bridgehead atoms. The standard InChI is InChI=1S/C14H21N5O3/c1-17(8-9-6-4-5-7-22-9)13-15-11-10(18(13)2)12(20)16-14(21)19(11)3/h9H,4-8H2,1-3H3,(H,16,20,21)/t9-/m1/s1. The third-order valence-electron chi connectivity index (χ3n) is 4.20. The zero-order valence-electron chi connectivity index (χ0n) is 13.1. The van der Waals surface area contributed by atoms with E-state index in [4.69, 9.17) is 4.74 Å². The number of hydrogen-bond donors (Lipinski definition) is 1. The zero-order chi connectivity index (χ0) is 15.9. The first-order chi connectivity index (χ1) is 10.5. The molecule has 22 heavy (non-hydrogen) atoms. The van der Waals surface area contributed by atoms with Crippen molar-refractivity contribution in [2.75, 3.05) is 25.1 Å². The molecule has 1 aliphatic rings. The van der Waals surface area contributed by atoms with Crippen LogP contribution in [0.3, 0.4) is 0 Å². The van der Waals surface area contributed by atoms with Crippen molar-refractivity contribution in [3.63, 3.8) is 0 Å². The van der Waals surface area contributed by atoms with E-state index in [-0.39, 0.29) is 6.10 Å². The molecule has 0 unspecified atom stereocenters. The molecule has 1 saturated heterocycles. The van der Waals surface area contributed by atoms with Gasteiger partial charge in [0.1, 0.15) is 0 Å². The van der Waals surface area contributed by atoms with Gasteiger partial charge in [0.25, 0.3) is 5.56 Å². The molecule has 3 heterocycles. The van der Waals surface area contributed by atoms with Gasteiger partial charge in [-0.05, 0) is 19.3 Å². The quantitative estimate of drug-likeness (QED) is 0.860. The molecule has 3 rings (SSSR count). The maximum absolute atomic E-state index is 12.0. The van der Waals surface area contributed by atoms with Crippen LogP contribution in [0, 0.1) is 0 Å². The number of ether oxygens (including phenoxy) is 1. The molecule has 8 nitrogen and oxygen atoms in total. The summed E-state index contributed by atoms with van der Waals surface area (Å²) < 4.78 is 8.82. The number of imidazole rings is 1. The molecule has 0 spiro atoms. The third-order valence-corrected chi connectivity index (χ3v) is 4.20. The number of nitrogens with one attached hydrogen (secondary N) is 1. The number of hydrogen-bond acceptors (Lipinski definition) is 5. The van der Waals surface area contributed by atoms with E-state index in [0.29, 0.717) is 23.7 Å². The lowest BCUT2D eigenvalue weighted by Crippen LogP contribution is -2.34. The van der Waals surface area contributed by atoms with Crippen LogP contribution in [-0.4, -0.2) is 45.4 Å². The lowest BCUT2D eigenvalue weighted by Gasteiger charge is -2.27. The molecule has 1 atom stereocenters. The molecule has 2 aromatic rings. The Morgan fingerprint density at radius 3 is 2.77 bits per heavy atom. The van der Waals surface area contributed by atoms with Crippen LogP contribution in [0.1, 0.15) is 19.3 Å². The van der Waals surface area contributed by atoms with Crippen molar-refractivity contribution < 1.29 is 4.74 Å².